The number of benzene rings is 2. The second-order valence-electron chi connectivity index (χ2n) is 4.01. The molecule has 2 aromatic carbocycles. The summed E-state index contributed by atoms with van der Waals surface area (Å²) in [6.45, 7) is 1.40. The molecule has 0 unspecified atom stereocenters. The third-order valence-electron chi connectivity index (χ3n) is 2.43. The summed E-state index contributed by atoms with van der Waals surface area (Å²) in [6.07, 6.45) is 2.02. The fourth-order valence-corrected chi connectivity index (χ4v) is 2.57. The number of hydrogen-bond donors (Lipinski definition) is 0. The summed E-state index contributed by atoms with van der Waals surface area (Å²) in [7, 11) is 0. The molecule has 0 atom stereocenters. The summed E-state index contributed by atoms with van der Waals surface area (Å²) in [4.78, 5) is 12.0. The van der Waals surface area contributed by atoms with Gasteiger partial charge < -0.3 is 4.74 Å². The molecule has 0 aliphatic rings. The van der Waals surface area contributed by atoms with E-state index in [1.165, 1.54) is 18.7 Å². The lowest BCUT2D eigenvalue weighted by Gasteiger charge is -2.05. The number of para-hydroxylation sites is 1. The molecule has 0 aliphatic heterocycles. The second-order valence-corrected chi connectivity index (χ2v) is 5.88. The Morgan fingerprint density at radius 1 is 1.15 bits per heavy atom. The highest BCUT2D eigenvalue weighted by Gasteiger charge is 2.04. The van der Waals surface area contributed by atoms with Crippen LogP contribution in [0.15, 0.2) is 63.3 Å². The van der Waals surface area contributed by atoms with Gasteiger partial charge in [-0.3, -0.25) is 4.79 Å². The molecule has 0 fully saturated rings. The number of halogens is 1. The Kier molecular flexibility index (Phi) is 5.44. The number of thioether (sulfide) groups is 1. The predicted octanol–water partition coefficient (Wildman–Crippen LogP) is 5.14. The Hall–Kier alpha value is -1.52. The first-order chi connectivity index (χ1) is 9.65. The van der Waals surface area contributed by atoms with Crippen molar-refractivity contribution in [2.45, 2.75) is 11.8 Å². The van der Waals surface area contributed by atoms with Crippen molar-refractivity contribution in [2.75, 3.05) is 0 Å². The SMILES string of the molecule is CC(=O)Oc1ccccc1S/C=C\c1ccc(Br)cc1. The molecule has 102 valence electrons. The highest BCUT2D eigenvalue weighted by atomic mass is 79.9. The molecule has 0 amide bonds. The Labute approximate surface area is 131 Å². The van der Waals surface area contributed by atoms with Gasteiger partial charge in [0.05, 0.1) is 4.90 Å². The average Bonchev–Trinajstić information content (AvgIpc) is 2.42. The third kappa shape index (κ3) is 4.54. The van der Waals surface area contributed by atoms with Gasteiger partial charge in [-0.25, -0.2) is 0 Å². The van der Waals surface area contributed by atoms with E-state index < -0.39 is 0 Å². The van der Waals surface area contributed by atoms with E-state index in [1.807, 2.05) is 53.9 Å². The van der Waals surface area contributed by atoms with Crippen LogP contribution in [0.5, 0.6) is 5.75 Å². The predicted molar refractivity (Wildman–Crippen MR) is 86.8 cm³/mol. The first kappa shape index (κ1) is 14.9. The second kappa shape index (κ2) is 7.31. The van der Waals surface area contributed by atoms with Crippen LogP contribution in [0.3, 0.4) is 0 Å². The van der Waals surface area contributed by atoms with E-state index >= 15 is 0 Å². The molecule has 2 aromatic rings. The quantitative estimate of drug-likeness (QED) is 0.434. The van der Waals surface area contributed by atoms with Crippen molar-refractivity contribution in [2.24, 2.45) is 0 Å². The van der Waals surface area contributed by atoms with Crippen molar-refractivity contribution in [3.8, 4) is 5.75 Å². The van der Waals surface area contributed by atoms with Crippen LogP contribution < -0.4 is 4.74 Å². The molecule has 0 bridgehead atoms. The molecule has 0 N–H and O–H groups in total. The van der Waals surface area contributed by atoms with Gasteiger partial charge in [-0.1, -0.05) is 52.0 Å². The van der Waals surface area contributed by atoms with Crippen molar-refractivity contribution < 1.29 is 9.53 Å². The Bertz CT molecular complexity index is 621. The van der Waals surface area contributed by atoms with Crippen molar-refractivity contribution in [3.63, 3.8) is 0 Å². The molecule has 20 heavy (non-hydrogen) atoms. The van der Waals surface area contributed by atoms with E-state index in [0.717, 1.165) is 14.9 Å². The summed E-state index contributed by atoms with van der Waals surface area (Å²) in [5.74, 6) is 0.278. The van der Waals surface area contributed by atoms with Gasteiger partial charge in [0.15, 0.2) is 0 Å². The lowest BCUT2D eigenvalue weighted by molar-refractivity contribution is -0.132. The molecule has 0 saturated carbocycles. The fourth-order valence-electron chi connectivity index (χ4n) is 1.55. The van der Waals surface area contributed by atoms with Crippen LogP contribution in [0.25, 0.3) is 6.08 Å². The van der Waals surface area contributed by atoms with Gasteiger partial charge in [0.1, 0.15) is 5.75 Å². The molecular formula is C16H13BrO2S. The zero-order valence-corrected chi connectivity index (χ0v) is 13.3. The largest absolute Gasteiger partial charge is 0.426 e. The molecule has 2 rings (SSSR count). The third-order valence-corrected chi connectivity index (χ3v) is 3.82. The first-order valence-corrected chi connectivity index (χ1v) is 7.68. The number of rotatable bonds is 4. The first-order valence-electron chi connectivity index (χ1n) is 6.01. The highest BCUT2D eigenvalue weighted by Crippen LogP contribution is 2.30. The minimum Gasteiger partial charge on any atom is -0.426 e. The topological polar surface area (TPSA) is 26.3 Å². The van der Waals surface area contributed by atoms with Gasteiger partial charge in [0.25, 0.3) is 0 Å². The summed E-state index contributed by atoms with van der Waals surface area (Å²) >= 11 is 4.92. The van der Waals surface area contributed by atoms with Crippen LogP contribution in [0.4, 0.5) is 0 Å². The van der Waals surface area contributed by atoms with Gasteiger partial charge in [-0.05, 0) is 41.3 Å². The van der Waals surface area contributed by atoms with Crippen LogP contribution in [0.2, 0.25) is 0 Å². The minimum absolute atomic E-state index is 0.310. The molecule has 0 aliphatic carbocycles. The molecule has 0 heterocycles. The van der Waals surface area contributed by atoms with Gasteiger partial charge in [-0.15, -0.1) is 0 Å². The summed E-state index contributed by atoms with van der Waals surface area (Å²) in [6, 6.07) is 15.5. The normalized spacial score (nSPS) is 10.7. The number of esters is 1. The molecular weight excluding hydrogens is 336 g/mol. The number of ether oxygens (including phenoxy) is 1. The van der Waals surface area contributed by atoms with Crippen molar-refractivity contribution >= 4 is 39.7 Å². The number of carbonyl (C=O) groups is 1. The van der Waals surface area contributed by atoms with Gasteiger partial charge >= 0.3 is 5.97 Å². The smallest absolute Gasteiger partial charge is 0.308 e. The molecule has 2 nitrogen and oxygen atoms in total. The van der Waals surface area contributed by atoms with E-state index in [4.69, 9.17) is 4.74 Å². The monoisotopic (exact) mass is 348 g/mol. The maximum atomic E-state index is 11.0. The fraction of sp³-hybridized carbons (Fsp3) is 0.0625. The molecule has 4 heteroatoms. The summed E-state index contributed by atoms with van der Waals surface area (Å²) < 4.78 is 6.22. The maximum absolute atomic E-state index is 11.0. The Morgan fingerprint density at radius 3 is 2.55 bits per heavy atom. The lowest BCUT2D eigenvalue weighted by atomic mass is 10.2. The van der Waals surface area contributed by atoms with E-state index in [1.54, 1.807) is 6.07 Å². The van der Waals surface area contributed by atoms with Crippen LogP contribution >= 0.6 is 27.7 Å². The molecule has 0 saturated heterocycles. The van der Waals surface area contributed by atoms with Crippen LogP contribution in [-0.4, -0.2) is 5.97 Å². The zero-order chi connectivity index (χ0) is 14.4. The Balaban J connectivity index is 2.07. The van der Waals surface area contributed by atoms with Crippen LogP contribution in [-0.2, 0) is 4.79 Å². The van der Waals surface area contributed by atoms with Crippen molar-refractivity contribution in [1.29, 1.82) is 0 Å². The molecule has 0 radical (unpaired) electrons. The van der Waals surface area contributed by atoms with E-state index in [0.29, 0.717) is 5.75 Å². The Morgan fingerprint density at radius 2 is 1.85 bits per heavy atom. The van der Waals surface area contributed by atoms with Crippen molar-refractivity contribution in [3.05, 3.63) is 64.0 Å². The average molecular weight is 349 g/mol. The highest BCUT2D eigenvalue weighted by molar-refractivity contribution is 9.10. The molecule has 0 spiro atoms. The van der Waals surface area contributed by atoms with Gasteiger partial charge in [0.2, 0.25) is 0 Å². The zero-order valence-electron chi connectivity index (χ0n) is 10.9. The van der Waals surface area contributed by atoms with Crippen molar-refractivity contribution in [1.82, 2.24) is 0 Å². The van der Waals surface area contributed by atoms with Crippen LogP contribution in [0, 0.1) is 0 Å². The van der Waals surface area contributed by atoms with Crippen LogP contribution in [0.1, 0.15) is 12.5 Å². The summed E-state index contributed by atoms with van der Waals surface area (Å²) in [5, 5.41) is 1.98. The van der Waals surface area contributed by atoms with E-state index in [9.17, 15) is 4.79 Å². The summed E-state index contributed by atoms with van der Waals surface area (Å²) in [5.41, 5.74) is 1.12. The van der Waals surface area contributed by atoms with Gasteiger partial charge in [0, 0.05) is 11.4 Å². The maximum Gasteiger partial charge on any atom is 0.308 e. The van der Waals surface area contributed by atoms with E-state index in [2.05, 4.69) is 15.9 Å². The minimum atomic E-state index is -0.310. The lowest BCUT2D eigenvalue weighted by Crippen LogP contribution is -2.01. The number of hydrogen-bond acceptors (Lipinski definition) is 3. The number of carbonyl (C=O) groups excluding carboxylic acids is 1. The van der Waals surface area contributed by atoms with Gasteiger partial charge in [-0.2, -0.15) is 0 Å². The standard InChI is InChI=1S/C16H13BrO2S/c1-12(18)19-15-4-2-3-5-16(15)20-11-10-13-6-8-14(17)9-7-13/h2-11H,1H3/b11-10-. The van der Waals surface area contributed by atoms with E-state index in [-0.39, 0.29) is 5.97 Å². The molecule has 0 aromatic heterocycles.